The summed E-state index contributed by atoms with van der Waals surface area (Å²) < 4.78 is 11.9. The molecule has 0 atom stereocenters. The van der Waals surface area contributed by atoms with E-state index in [-0.39, 0.29) is 0 Å². The van der Waals surface area contributed by atoms with Crippen molar-refractivity contribution in [3.63, 3.8) is 0 Å². The molecular weight excluding hydrogens is 318 g/mol. The lowest BCUT2D eigenvalue weighted by molar-refractivity contribution is 0.101. The summed E-state index contributed by atoms with van der Waals surface area (Å²) in [6.07, 6.45) is 0. The summed E-state index contributed by atoms with van der Waals surface area (Å²) in [5.41, 5.74) is 0. The van der Waals surface area contributed by atoms with E-state index in [1.807, 2.05) is 18.2 Å². The molecule has 0 aromatic heterocycles. The molecule has 1 N–H and O–H groups in total. The molecule has 102 valence electrons. The first kappa shape index (κ1) is 15.8. The fraction of sp³-hybridized carbons (Fsp3) is 0.538. The lowest BCUT2D eigenvalue weighted by Crippen LogP contribution is -2.27. The van der Waals surface area contributed by atoms with Gasteiger partial charge < -0.3 is 14.8 Å². The van der Waals surface area contributed by atoms with Gasteiger partial charge in [0.2, 0.25) is 0 Å². The summed E-state index contributed by atoms with van der Waals surface area (Å²) in [7, 11) is 0. The summed E-state index contributed by atoms with van der Waals surface area (Å²) in [5.74, 6) is 0.684. The van der Waals surface area contributed by atoms with Crippen LogP contribution in [0.5, 0.6) is 5.75 Å². The van der Waals surface area contributed by atoms with E-state index in [0.29, 0.717) is 36.6 Å². The molecule has 0 saturated heterocycles. The van der Waals surface area contributed by atoms with Gasteiger partial charge in [-0.05, 0) is 18.2 Å². The maximum absolute atomic E-state index is 6.02. The highest BCUT2D eigenvalue weighted by molar-refractivity contribution is 9.10. The lowest BCUT2D eigenvalue weighted by Gasteiger charge is -2.10. The number of rotatable bonds is 8. The molecule has 0 aliphatic carbocycles. The number of halogens is 2. The Bertz CT molecular complexity index is 361. The molecule has 0 saturated carbocycles. The normalized spacial score (nSPS) is 10.9. The van der Waals surface area contributed by atoms with Gasteiger partial charge in [0, 0.05) is 17.1 Å². The molecule has 0 spiro atoms. The SMILES string of the molecule is CC(C)NCCOCCOc1ccc(Br)cc1Cl. The Morgan fingerprint density at radius 3 is 2.72 bits per heavy atom. The van der Waals surface area contributed by atoms with Gasteiger partial charge in [0.05, 0.1) is 18.2 Å². The minimum absolute atomic E-state index is 0.492. The van der Waals surface area contributed by atoms with Gasteiger partial charge in [0.15, 0.2) is 0 Å². The second-order valence-electron chi connectivity index (χ2n) is 4.14. The van der Waals surface area contributed by atoms with Crippen LogP contribution in [-0.2, 0) is 4.74 Å². The van der Waals surface area contributed by atoms with Crippen LogP contribution < -0.4 is 10.1 Å². The van der Waals surface area contributed by atoms with Gasteiger partial charge in [0.1, 0.15) is 12.4 Å². The van der Waals surface area contributed by atoms with Crippen molar-refractivity contribution in [2.24, 2.45) is 0 Å². The fourth-order valence-corrected chi connectivity index (χ4v) is 2.05. The van der Waals surface area contributed by atoms with Crippen LogP contribution in [0.2, 0.25) is 5.02 Å². The van der Waals surface area contributed by atoms with Crippen LogP contribution in [0.3, 0.4) is 0 Å². The Hall–Kier alpha value is -0.290. The Kier molecular flexibility index (Phi) is 7.66. The van der Waals surface area contributed by atoms with Crippen molar-refractivity contribution in [1.29, 1.82) is 0 Å². The molecule has 0 heterocycles. The number of hydrogen-bond acceptors (Lipinski definition) is 3. The Morgan fingerprint density at radius 1 is 1.28 bits per heavy atom. The zero-order valence-corrected chi connectivity index (χ0v) is 13.1. The van der Waals surface area contributed by atoms with Crippen LogP contribution >= 0.6 is 27.5 Å². The lowest BCUT2D eigenvalue weighted by atomic mass is 10.3. The highest BCUT2D eigenvalue weighted by Crippen LogP contribution is 2.27. The van der Waals surface area contributed by atoms with Gasteiger partial charge >= 0.3 is 0 Å². The Morgan fingerprint density at radius 2 is 2.06 bits per heavy atom. The topological polar surface area (TPSA) is 30.5 Å². The molecule has 1 aromatic carbocycles. The summed E-state index contributed by atoms with van der Waals surface area (Å²) in [6, 6.07) is 6.04. The quantitative estimate of drug-likeness (QED) is 0.737. The smallest absolute Gasteiger partial charge is 0.138 e. The van der Waals surface area contributed by atoms with E-state index in [0.717, 1.165) is 11.0 Å². The van der Waals surface area contributed by atoms with Crippen molar-refractivity contribution in [2.45, 2.75) is 19.9 Å². The third-order valence-electron chi connectivity index (χ3n) is 2.18. The van der Waals surface area contributed by atoms with Crippen LogP contribution in [0.1, 0.15) is 13.8 Å². The van der Waals surface area contributed by atoms with Gasteiger partial charge in [-0.3, -0.25) is 0 Å². The van der Waals surface area contributed by atoms with Crippen molar-refractivity contribution in [2.75, 3.05) is 26.4 Å². The fourth-order valence-electron chi connectivity index (χ4n) is 1.32. The first-order valence-corrected chi connectivity index (χ1v) is 7.15. The molecule has 0 bridgehead atoms. The van der Waals surface area contributed by atoms with Gasteiger partial charge in [0.25, 0.3) is 0 Å². The van der Waals surface area contributed by atoms with E-state index in [1.54, 1.807) is 0 Å². The zero-order chi connectivity index (χ0) is 13.4. The number of nitrogens with one attached hydrogen (secondary N) is 1. The molecule has 0 fully saturated rings. The number of benzene rings is 1. The third-order valence-corrected chi connectivity index (χ3v) is 2.97. The predicted molar refractivity (Wildman–Crippen MR) is 78.6 cm³/mol. The molecule has 0 aliphatic heterocycles. The van der Waals surface area contributed by atoms with E-state index in [9.17, 15) is 0 Å². The molecule has 1 aromatic rings. The van der Waals surface area contributed by atoms with Gasteiger partial charge in [-0.25, -0.2) is 0 Å². The summed E-state index contributed by atoms with van der Waals surface area (Å²) in [4.78, 5) is 0. The molecule has 18 heavy (non-hydrogen) atoms. The van der Waals surface area contributed by atoms with E-state index in [2.05, 4.69) is 35.1 Å². The first-order valence-electron chi connectivity index (χ1n) is 5.98. The minimum Gasteiger partial charge on any atom is -0.490 e. The molecule has 0 aliphatic rings. The molecule has 0 radical (unpaired) electrons. The predicted octanol–water partition coefficient (Wildman–Crippen LogP) is 3.50. The van der Waals surface area contributed by atoms with Crippen LogP contribution in [0.4, 0.5) is 0 Å². The first-order chi connectivity index (χ1) is 8.59. The van der Waals surface area contributed by atoms with Crippen molar-refractivity contribution in [1.82, 2.24) is 5.32 Å². The van der Waals surface area contributed by atoms with Crippen molar-refractivity contribution >= 4 is 27.5 Å². The highest BCUT2D eigenvalue weighted by atomic mass is 79.9. The molecular formula is C13H19BrClNO2. The Balaban J connectivity index is 2.11. The van der Waals surface area contributed by atoms with Crippen molar-refractivity contribution < 1.29 is 9.47 Å². The molecule has 1 rings (SSSR count). The van der Waals surface area contributed by atoms with Crippen LogP contribution in [0.25, 0.3) is 0 Å². The number of ether oxygens (including phenoxy) is 2. The van der Waals surface area contributed by atoms with E-state index in [4.69, 9.17) is 21.1 Å². The molecule has 3 nitrogen and oxygen atoms in total. The Labute approximate surface area is 122 Å². The van der Waals surface area contributed by atoms with Crippen LogP contribution in [0, 0.1) is 0 Å². The minimum atomic E-state index is 0.492. The largest absolute Gasteiger partial charge is 0.490 e. The maximum atomic E-state index is 6.02. The third kappa shape index (κ3) is 6.59. The summed E-state index contributed by atoms with van der Waals surface area (Å²) >= 11 is 9.37. The zero-order valence-electron chi connectivity index (χ0n) is 10.7. The highest BCUT2D eigenvalue weighted by Gasteiger charge is 2.01. The monoisotopic (exact) mass is 335 g/mol. The average molecular weight is 337 g/mol. The van der Waals surface area contributed by atoms with E-state index >= 15 is 0 Å². The van der Waals surface area contributed by atoms with Gasteiger partial charge in [-0.1, -0.05) is 41.4 Å². The van der Waals surface area contributed by atoms with Gasteiger partial charge in [-0.15, -0.1) is 0 Å². The molecule has 5 heteroatoms. The second kappa shape index (κ2) is 8.75. The average Bonchev–Trinajstić information content (AvgIpc) is 2.30. The van der Waals surface area contributed by atoms with Crippen LogP contribution in [-0.4, -0.2) is 32.4 Å². The van der Waals surface area contributed by atoms with Crippen LogP contribution in [0.15, 0.2) is 22.7 Å². The standard InChI is InChI=1S/C13H19BrClNO2/c1-10(2)16-5-6-17-7-8-18-13-4-3-11(14)9-12(13)15/h3-4,9-10,16H,5-8H2,1-2H3. The summed E-state index contributed by atoms with van der Waals surface area (Å²) in [6.45, 7) is 6.83. The van der Waals surface area contributed by atoms with Crippen molar-refractivity contribution in [3.8, 4) is 5.75 Å². The summed E-state index contributed by atoms with van der Waals surface area (Å²) in [5, 5.41) is 3.88. The molecule has 0 unspecified atom stereocenters. The van der Waals surface area contributed by atoms with Crippen molar-refractivity contribution in [3.05, 3.63) is 27.7 Å². The van der Waals surface area contributed by atoms with E-state index in [1.165, 1.54) is 0 Å². The molecule has 0 amide bonds. The van der Waals surface area contributed by atoms with Gasteiger partial charge in [-0.2, -0.15) is 0 Å². The van der Waals surface area contributed by atoms with E-state index < -0.39 is 0 Å². The number of hydrogen-bond donors (Lipinski definition) is 1. The second-order valence-corrected chi connectivity index (χ2v) is 5.47. The maximum Gasteiger partial charge on any atom is 0.138 e.